The van der Waals surface area contributed by atoms with Crippen LogP contribution in [0.5, 0.6) is 0 Å². The molecule has 1 heterocycles. The summed E-state index contributed by atoms with van der Waals surface area (Å²) < 4.78 is 1.85. The fourth-order valence-electron chi connectivity index (χ4n) is 2.98. The Morgan fingerprint density at radius 2 is 1.77 bits per heavy atom. The maximum atomic E-state index is 12.7. The van der Waals surface area contributed by atoms with Crippen LogP contribution in [0.4, 0.5) is 0 Å². The summed E-state index contributed by atoms with van der Waals surface area (Å²) >= 11 is 0. The average Bonchev–Trinajstić information content (AvgIpc) is 3.07. The number of nitrogens with one attached hydrogen (secondary N) is 2. The second-order valence-electron chi connectivity index (χ2n) is 6.78. The minimum Gasteiger partial charge on any atom is -0.340 e. The predicted molar refractivity (Wildman–Crippen MR) is 103 cm³/mol. The van der Waals surface area contributed by atoms with Crippen LogP contribution in [-0.4, -0.2) is 36.3 Å². The Hall–Kier alpha value is -2.92. The zero-order valence-electron chi connectivity index (χ0n) is 15.4. The Kier molecular flexibility index (Phi) is 5.49. The van der Waals surface area contributed by atoms with E-state index >= 15 is 0 Å². The molecule has 5 nitrogen and oxygen atoms in total. The lowest BCUT2D eigenvalue weighted by atomic mass is 10.1. The number of aryl methyl sites for hydroxylation is 1. The Morgan fingerprint density at radius 3 is 2.35 bits per heavy atom. The van der Waals surface area contributed by atoms with Crippen LogP contribution >= 0.6 is 0 Å². The molecule has 134 valence electrons. The zero-order valence-corrected chi connectivity index (χ0v) is 15.4. The molecule has 1 atom stereocenters. The Balaban J connectivity index is 1.76. The van der Waals surface area contributed by atoms with Crippen LogP contribution in [0.2, 0.25) is 0 Å². The highest BCUT2D eigenvalue weighted by Gasteiger charge is 2.18. The van der Waals surface area contributed by atoms with Crippen molar-refractivity contribution in [1.29, 1.82) is 0 Å². The van der Waals surface area contributed by atoms with Gasteiger partial charge >= 0.3 is 0 Å². The number of carbonyl (C=O) groups excluding carboxylic acids is 1. The molecule has 0 spiro atoms. The first-order valence-electron chi connectivity index (χ1n) is 8.80. The minimum absolute atomic E-state index is 0.0262. The van der Waals surface area contributed by atoms with Gasteiger partial charge in [0.15, 0.2) is 0 Å². The quantitative estimate of drug-likeness (QED) is 0.713. The summed E-state index contributed by atoms with van der Waals surface area (Å²) in [7, 11) is 4.17. The van der Waals surface area contributed by atoms with Gasteiger partial charge in [0.2, 0.25) is 0 Å². The molecule has 0 fully saturated rings. The van der Waals surface area contributed by atoms with Gasteiger partial charge in [-0.25, -0.2) is 4.68 Å². The monoisotopic (exact) mass is 349 g/mol. The molecule has 0 aliphatic carbocycles. The number of benzene rings is 2. The van der Waals surface area contributed by atoms with Crippen molar-refractivity contribution in [2.24, 2.45) is 0 Å². The number of carbonyl (C=O) groups is 1. The number of amides is 1. The second-order valence-corrected chi connectivity index (χ2v) is 6.78. The van der Waals surface area contributed by atoms with Gasteiger partial charge in [-0.15, -0.1) is 0 Å². The highest BCUT2D eigenvalue weighted by Crippen LogP contribution is 2.14. The molecular formula is C21H25N4O+. The van der Waals surface area contributed by atoms with Gasteiger partial charge in [0.05, 0.1) is 19.8 Å². The van der Waals surface area contributed by atoms with Gasteiger partial charge in [0.25, 0.3) is 5.91 Å². The predicted octanol–water partition coefficient (Wildman–Crippen LogP) is 1.80. The summed E-state index contributed by atoms with van der Waals surface area (Å²) in [5, 5.41) is 7.46. The highest BCUT2D eigenvalue weighted by atomic mass is 16.1. The van der Waals surface area contributed by atoms with Crippen molar-refractivity contribution in [2.75, 3.05) is 20.6 Å². The van der Waals surface area contributed by atoms with Crippen LogP contribution in [0, 0.1) is 6.92 Å². The lowest BCUT2D eigenvalue weighted by Crippen LogP contribution is -3.06. The van der Waals surface area contributed by atoms with E-state index in [4.69, 9.17) is 0 Å². The van der Waals surface area contributed by atoms with Gasteiger partial charge in [-0.2, -0.15) is 5.10 Å². The number of quaternary nitrogens is 1. The molecule has 3 rings (SSSR count). The molecule has 5 heteroatoms. The third-order valence-electron chi connectivity index (χ3n) is 4.33. The largest absolute Gasteiger partial charge is 0.340 e. The maximum absolute atomic E-state index is 12.7. The van der Waals surface area contributed by atoms with Crippen molar-refractivity contribution in [3.63, 3.8) is 0 Å². The van der Waals surface area contributed by atoms with E-state index < -0.39 is 0 Å². The van der Waals surface area contributed by atoms with Gasteiger partial charge in [-0.3, -0.25) is 4.79 Å². The molecule has 1 amide bonds. The number of hydrogen-bond acceptors (Lipinski definition) is 2. The van der Waals surface area contributed by atoms with Gasteiger partial charge in [-0.05, 0) is 42.8 Å². The van der Waals surface area contributed by atoms with Crippen LogP contribution in [0.25, 0.3) is 5.69 Å². The number of rotatable bonds is 6. The van der Waals surface area contributed by atoms with E-state index in [1.54, 1.807) is 6.20 Å². The van der Waals surface area contributed by atoms with Crippen LogP contribution < -0.4 is 10.2 Å². The molecule has 1 aromatic heterocycles. The summed E-state index contributed by atoms with van der Waals surface area (Å²) in [4.78, 5) is 14.0. The van der Waals surface area contributed by atoms with Gasteiger partial charge in [-0.1, -0.05) is 30.3 Å². The fraction of sp³-hybridized carbons (Fsp3) is 0.238. The fourth-order valence-corrected chi connectivity index (χ4v) is 2.98. The summed E-state index contributed by atoms with van der Waals surface area (Å²) in [6.07, 6.45) is 1.77. The third-order valence-corrected chi connectivity index (χ3v) is 4.33. The molecule has 0 bridgehead atoms. The molecule has 0 unspecified atom stereocenters. The summed E-state index contributed by atoms with van der Waals surface area (Å²) in [6.45, 7) is 2.82. The SMILES string of the molecule is Cc1ccnn1-c1ccc(C(=O)N[C@@H](C[NH+](C)C)c2ccccc2)cc1. The van der Waals surface area contributed by atoms with Crippen molar-refractivity contribution in [2.45, 2.75) is 13.0 Å². The van der Waals surface area contributed by atoms with E-state index in [-0.39, 0.29) is 11.9 Å². The van der Waals surface area contributed by atoms with E-state index in [1.165, 1.54) is 4.90 Å². The van der Waals surface area contributed by atoms with Crippen LogP contribution in [-0.2, 0) is 0 Å². The van der Waals surface area contributed by atoms with E-state index in [0.29, 0.717) is 5.56 Å². The zero-order chi connectivity index (χ0) is 18.5. The van der Waals surface area contributed by atoms with E-state index in [1.807, 2.05) is 60.1 Å². The Morgan fingerprint density at radius 1 is 1.08 bits per heavy atom. The number of hydrogen-bond donors (Lipinski definition) is 2. The molecule has 0 aliphatic heterocycles. The van der Waals surface area contributed by atoms with Crippen LogP contribution in [0.3, 0.4) is 0 Å². The first-order valence-corrected chi connectivity index (χ1v) is 8.80. The summed E-state index contributed by atoms with van der Waals surface area (Å²) in [5.74, 6) is -0.0659. The number of likely N-dealkylation sites (N-methyl/N-ethyl adjacent to an activating group) is 1. The molecule has 2 N–H and O–H groups in total. The van der Waals surface area contributed by atoms with Gasteiger partial charge in [0.1, 0.15) is 12.6 Å². The lowest BCUT2D eigenvalue weighted by Gasteiger charge is -2.21. The number of aromatic nitrogens is 2. The second kappa shape index (κ2) is 7.97. The molecule has 0 aliphatic rings. The smallest absolute Gasteiger partial charge is 0.251 e. The standard InChI is InChI=1S/C21H24N4O/c1-16-13-14-22-25(16)19-11-9-18(10-12-19)21(26)23-20(15-24(2)3)17-7-5-4-6-8-17/h4-14,20H,15H2,1-3H3,(H,23,26)/p+1/t20-/m0/s1. The van der Waals surface area contributed by atoms with E-state index in [0.717, 1.165) is 23.5 Å². The molecular weight excluding hydrogens is 324 g/mol. The van der Waals surface area contributed by atoms with Gasteiger partial charge in [0, 0.05) is 17.5 Å². The van der Waals surface area contributed by atoms with Crippen molar-refractivity contribution in [3.05, 3.63) is 83.7 Å². The maximum Gasteiger partial charge on any atom is 0.251 e. The summed E-state index contributed by atoms with van der Waals surface area (Å²) in [5.41, 5.74) is 3.76. The highest BCUT2D eigenvalue weighted by molar-refractivity contribution is 5.94. The van der Waals surface area contributed by atoms with Crippen LogP contribution in [0.15, 0.2) is 66.9 Å². The first kappa shape index (κ1) is 17.9. The van der Waals surface area contributed by atoms with Crippen molar-refractivity contribution in [3.8, 4) is 5.69 Å². The lowest BCUT2D eigenvalue weighted by molar-refractivity contribution is -0.860. The molecule has 3 aromatic rings. The van der Waals surface area contributed by atoms with Gasteiger partial charge < -0.3 is 10.2 Å². The van der Waals surface area contributed by atoms with Crippen molar-refractivity contribution < 1.29 is 9.69 Å². The molecule has 0 saturated carbocycles. The topological polar surface area (TPSA) is 51.4 Å². The van der Waals surface area contributed by atoms with Crippen molar-refractivity contribution in [1.82, 2.24) is 15.1 Å². The van der Waals surface area contributed by atoms with Crippen molar-refractivity contribution >= 4 is 5.91 Å². The van der Waals surface area contributed by atoms with E-state index in [9.17, 15) is 4.79 Å². The molecule has 26 heavy (non-hydrogen) atoms. The Labute approximate surface area is 154 Å². The van der Waals surface area contributed by atoms with Crippen LogP contribution in [0.1, 0.15) is 27.7 Å². The minimum atomic E-state index is -0.0659. The molecule has 0 saturated heterocycles. The average molecular weight is 349 g/mol. The van der Waals surface area contributed by atoms with E-state index in [2.05, 4.69) is 36.6 Å². The third kappa shape index (κ3) is 4.18. The molecule has 2 aromatic carbocycles. The molecule has 0 radical (unpaired) electrons. The first-order chi connectivity index (χ1) is 12.5. The summed E-state index contributed by atoms with van der Waals surface area (Å²) in [6, 6.07) is 19.5. The normalized spacial score (nSPS) is 12.2. The Bertz CT molecular complexity index is 853. The number of nitrogens with zero attached hydrogens (tertiary/aromatic N) is 2.